The van der Waals surface area contributed by atoms with E-state index in [-0.39, 0.29) is 10.9 Å². The van der Waals surface area contributed by atoms with Crippen LogP contribution in [0.25, 0.3) is 11.2 Å². The molecule has 2 N–H and O–H groups in total. The van der Waals surface area contributed by atoms with Crippen LogP contribution in [0.15, 0.2) is 33.9 Å². The van der Waals surface area contributed by atoms with Crippen molar-refractivity contribution in [1.82, 2.24) is 19.1 Å². The average molecular weight is 344 g/mol. The lowest BCUT2D eigenvalue weighted by Gasteiger charge is -2.21. The van der Waals surface area contributed by atoms with Crippen LogP contribution in [0.1, 0.15) is 17.8 Å². The van der Waals surface area contributed by atoms with Gasteiger partial charge in [0.25, 0.3) is 5.56 Å². The second kappa shape index (κ2) is 6.54. The smallest absolute Gasteiger partial charge is 0.332 e. The molecule has 0 atom stereocenters. The van der Waals surface area contributed by atoms with E-state index in [0.717, 1.165) is 23.0 Å². The van der Waals surface area contributed by atoms with Crippen LogP contribution in [0.4, 0.5) is 5.69 Å². The molecule has 9 heteroatoms. The number of anilines is 1. The molecular weight excluding hydrogens is 326 g/mol. The van der Waals surface area contributed by atoms with Gasteiger partial charge in [0.05, 0.1) is 5.69 Å². The van der Waals surface area contributed by atoms with Crippen molar-refractivity contribution in [1.29, 1.82) is 0 Å². The van der Waals surface area contributed by atoms with Gasteiger partial charge >= 0.3 is 5.69 Å². The van der Waals surface area contributed by atoms with Crippen molar-refractivity contribution in [2.75, 3.05) is 5.23 Å². The molecule has 3 aromatic rings. The second-order valence-corrected chi connectivity index (χ2v) is 5.88. The summed E-state index contributed by atoms with van der Waals surface area (Å²) in [6.07, 6.45) is 2.13. The Morgan fingerprint density at radius 3 is 2.48 bits per heavy atom. The fraction of sp³-hybridized carbons (Fsp3) is 0.312. The summed E-state index contributed by atoms with van der Waals surface area (Å²) in [5.41, 5.74) is 1.07. The zero-order valence-electron chi connectivity index (χ0n) is 13.9. The van der Waals surface area contributed by atoms with Gasteiger partial charge in [0.1, 0.15) is 11.3 Å². The maximum Gasteiger partial charge on any atom is 0.332 e. The molecule has 0 bridgehead atoms. The molecule has 0 saturated carbocycles. The van der Waals surface area contributed by atoms with Crippen LogP contribution in [0, 0.1) is 5.21 Å². The SMILES string of the molecule is Cn1c(=O)c2[nH]c(CCCc3ccc(N([O-])O)cc3)nc2n(C)c1=O. The first-order chi connectivity index (χ1) is 11.9. The minimum absolute atomic E-state index is 0.178. The largest absolute Gasteiger partial charge is 0.733 e. The van der Waals surface area contributed by atoms with Crippen LogP contribution in [0.2, 0.25) is 0 Å². The zero-order valence-corrected chi connectivity index (χ0v) is 13.9. The van der Waals surface area contributed by atoms with Crippen LogP contribution >= 0.6 is 0 Å². The lowest BCUT2D eigenvalue weighted by molar-refractivity contribution is 0.296. The van der Waals surface area contributed by atoms with Crippen molar-refractivity contribution in [3.8, 4) is 0 Å². The number of rotatable bonds is 5. The molecule has 1 aromatic carbocycles. The van der Waals surface area contributed by atoms with Gasteiger partial charge in [-0.15, -0.1) is 0 Å². The van der Waals surface area contributed by atoms with Crippen molar-refractivity contribution in [2.24, 2.45) is 14.1 Å². The fourth-order valence-corrected chi connectivity index (χ4v) is 2.74. The van der Waals surface area contributed by atoms with Gasteiger partial charge in [0.2, 0.25) is 0 Å². The molecule has 0 saturated heterocycles. The van der Waals surface area contributed by atoms with Gasteiger partial charge in [-0.05, 0) is 30.5 Å². The lowest BCUT2D eigenvalue weighted by Crippen LogP contribution is -2.36. The number of nitrogens with zero attached hydrogens (tertiary/aromatic N) is 4. The Bertz CT molecular complexity index is 1010. The van der Waals surface area contributed by atoms with Crippen molar-refractivity contribution in [3.63, 3.8) is 0 Å². The van der Waals surface area contributed by atoms with Gasteiger partial charge in [-0.3, -0.25) is 19.1 Å². The number of hydrogen-bond donors (Lipinski definition) is 2. The van der Waals surface area contributed by atoms with Crippen LogP contribution in [-0.4, -0.2) is 24.3 Å². The highest BCUT2D eigenvalue weighted by molar-refractivity contribution is 5.69. The van der Waals surface area contributed by atoms with Crippen LogP contribution < -0.4 is 16.5 Å². The molecule has 0 spiro atoms. The van der Waals surface area contributed by atoms with E-state index in [9.17, 15) is 14.8 Å². The van der Waals surface area contributed by atoms with Crippen molar-refractivity contribution in [2.45, 2.75) is 19.3 Å². The van der Waals surface area contributed by atoms with Gasteiger partial charge < -0.3 is 15.4 Å². The first kappa shape index (κ1) is 16.9. The van der Waals surface area contributed by atoms with Crippen LogP contribution in [-0.2, 0) is 26.9 Å². The number of benzene rings is 1. The van der Waals surface area contributed by atoms with E-state index in [1.54, 1.807) is 31.3 Å². The Morgan fingerprint density at radius 2 is 1.84 bits per heavy atom. The lowest BCUT2D eigenvalue weighted by atomic mass is 10.1. The van der Waals surface area contributed by atoms with E-state index in [1.165, 1.54) is 11.6 Å². The van der Waals surface area contributed by atoms with E-state index in [4.69, 9.17) is 5.21 Å². The Morgan fingerprint density at radius 1 is 1.16 bits per heavy atom. The summed E-state index contributed by atoms with van der Waals surface area (Å²) in [6, 6.07) is 6.63. The van der Waals surface area contributed by atoms with Crippen molar-refractivity contribution < 1.29 is 5.21 Å². The first-order valence-corrected chi connectivity index (χ1v) is 7.78. The molecule has 2 aromatic heterocycles. The molecule has 132 valence electrons. The van der Waals surface area contributed by atoms with Crippen molar-refractivity contribution >= 4 is 16.9 Å². The molecular formula is C16H18N5O4-. The van der Waals surface area contributed by atoms with Gasteiger partial charge in [-0.1, -0.05) is 12.1 Å². The third-order valence-corrected chi connectivity index (χ3v) is 4.18. The summed E-state index contributed by atoms with van der Waals surface area (Å²) in [5, 5.41) is 19.4. The normalized spacial score (nSPS) is 11.2. The summed E-state index contributed by atoms with van der Waals surface area (Å²) in [5.74, 6) is 0.644. The fourth-order valence-electron chi connectivity index (χ4n) is 2.74. The summed E-state index contributed by atoms with van der Waals surface area (Å²) in [6.45, 7) is 0. The quantitative estimate of drug-likeness (QED) is 0.662. The maximum atomic E-state index is 12.1. The molecule has 0 radical (unpaired) electrons. The Balaban J connectivity index is 1.74. The van der Waals surface area contributed by atoms with E-state index >= 15 is 0 Å². The number of fused-ring (bicyclic) bond motifs is 1. The molecule has 0 amide bonds. The molecule has 0 fully saturated rings. The Kier molecular flexibility index (Phi) is 4.43. The molecule has 2 heterocycles. The second-order valence-electron chi connectivity index (χ2n) is 5.88. The average Bonchev–Trinajstić information content (AvgIpc) is 3.03. The van der Waals surface area contributed by atoms with Gasteiger partial charge in [0.15, 0.2) is 5.65 Å². The van der Waals surface area contributed by atoms with Crippen LogP contribution in [0.3, 0.4) is 0 Å². The molecule has 9 nitrogen and oxygen atoms in total. The van der Waals surface area contributed by atoms with Crippen LogP contribution in [0.5, 0.6) is 0 Å². The summed E-state index contributed by atoms with van der Waals surface area (Å²) < 4.78 is 2.39. The number of aromatic nitrogens is 4. The van der Waals surface area contributed by atoms with Crippen molar-refractivity contribution in [3.05, 3.63) is 61.7 Å². The zero-order chi connectivity index (χ0) is 18.1. The van der Waals surface area contributed by atoms with E-state index < -0.39 is 11.2 Å². The van der Waals surface area contributed by atoms with Gasteiger partial charge in [-0.25, -0.2) is 9.78 Å². The molecule has 0 aliphatic carbocycles. The molecule has 3 rings (SSSR count). The van der Waals surface area contributed by atoms with Gasteiger partial charge in [-0.2, -0.15) is 0 Å². The number of aryl methyl sites for hydroxylation is 3. The third-order valence-electron chi connectivity index (χ3n) is 4.18. The highest BCUT2D eigenvalue weighted by Gasteiger charge is 2.13. The number of aromatic amines is 1. The predicted octanol–water partition coefficient (Wildman–Crippen LogP) is 0.829. The molecule has 0 aliphatic heterocycles. The predicted molar refractivity (Wildman–Crippen MR) is 92.7 cm³/mol. The Hall–Kier alpha value is -2.91. The minimum Gasteiger partial charge on any atom is -0.733 e. The number of imidazole rings is 1. The standard InChI is InChI=1S/C16H18N5O4/c1-19-14-13(15(22)20(2)16(19)23)17-12(18-14)5-3-4-10-6-8-11(9-7-10)21(24)25/h6-9,24H,3-5H2,1-2H3,(H,17,18)/q-1. The highest BCUT2D eigenvalue weighted by Crippen LogP contribution is 2.14. The maximum absolute atomic E-state index is 12.1. The number of nitrogens with one attached hydrogen (secondary N) is 1. The van der Waals surface area contributed by atoms with E-state index in [0.29, 0.717) is 23.4 Å². The summed E-state index contributed by atoms with van der Waals surface area (Å²) in [7, 11) is 3.01. The highest BCUT2D eigenvalue weighted by atomic mass is 16.8. The minimum atomic E-state index is -0.410. The summed E-state index contributed by atoms with van der Waals surface area (Å²) >= 11 is 0. The molecule has 0 unspecified atom stereocenters. The van der Waals surface area contributed by atoms with E-state index in [2.05, 4.69) is 9.97 Å². The molecule has 25 heavy (non-hydrogen) atoms. The number of hydrogen-bond acceptors (Lipinski definition) is 6. The van der Waals surface area contributed by atoms with E-state index in [1.807, 2.05) is 0 Å². The van der Waals surface area contributed by atoms with Gasteiger partial charge in [0, 0.05) is 20.5 Å². The third kappa shape index (κ3) is 3.19. The topological polar surface area (TPSA) is 119 Å². The first-order valence-electron chi connectivity index (χ1n) is 7.78. The number of H-pyrrole nitrogens is 1. The Labute approximate surface area is 142 Å². The molecule has 0 aliphatic rings. The summed E-state index contributed by atoms with van der Waals surface area (Å²) in [4.78, 5) is 31.4. The monoisotopic (exact) mass is 344 g/mol.